The number of aryl methyl sites for hydroxylation is 2. The van der Waals surface area contributed by atoms with Crippen LogP contribution in [0.1, 0.15) is 16.9 Å². The highest BCUT2D eigenvalue weighted by atomic mass is 32.2. The molecule has 2 aliphatic rings. The van der Waals surface area contributed by atoms with Crippen molar-refractivity contribution in [1.82, 2.24) is 4.31 Å². The van der Waals surface area contributed by atoms with Crippen molar-refractivity contribution in [3.05, 3.63) is 16.5 Å². The van der Waals surface area contributed by atoms with Crippen LogP contribution in [0.4, 0.5) is 0 Å². The van der Waals surface area contributed by atoms with Gasteiger partial charge in [-0.05, 0) is 31.9 Å². The molecule has 3 heterocycles. The summed E-state index contributed by atoms with van der Waals surface area (Å²) in [5.74, 6) is -0.139. The SMILES string of the molecule is Cc1cc(C)c(S(=O)(=O)N2CCS(=O)(=O)[C@H]3COCC[C@H]32)s1. The average Bonchev–Trinajstić information content (AvgIpc) is 2.78. The first-order chi connectivity index (χ1) is 10.2. The number of nitrogens with zero attached hydrogens (tertiary/aromatic N) is 1. The number of thiophene rings is 1. The Morgan fingerprint density at radius 2 is 2.09 bits per heavy atom. The first-order valence-electron chi connectivity index (χ1n) is 7.11. The van der Waals surface area contributed by atoms with E-state index in [9.17, 15) is 16.8 Å². The summed E-state index contributed by atoms with van der Waals surface area (Å²) in [6, 6.07) is 1.33. The van der Waals surface area contributed by atoms with Crippen LogP contribution in [0.15, 0.2) is 10.3 Å². The van der Waals surface area contributed by atoms with E-state index < -0.39 is 31.2 Å². The molecule has 3 rings (SSSR count). The van der Waals surface area contributed by atoms with Crippen molar-refractivity contribution in [1.29, 1.82) is 0 Å². The topological polar surface area (TPSA) is 80.8 Å². The summed E-state index contributed by atoms with van der Waals surface area (Å²) in [6.07, 6.45) is 0.423. The second kappa shape index (κ2) is 5.55. The molecule has 2 atom stereocenters. The minimum Gasteiger partial charge on any atom is -0.380 e. The van der Waals surface area contributed by atoms with Gasteiger partial charge in [0.05, 0.1) is 12.4 Å². The van der Waals surface area contributed by atoms with E-state index in [1.807, 2.05) is 13.0 Å². The van der Waals surface area contributed by atoms with Gasteiger partial charge in [-0.15, -0.1) is 11.3 Å². The third kappa shape index (κ3) is 2.62. The molecule has 2 saturated heterocycles. The van der Waals surface area contributed by atoms with Crippen LogP contribution in [-0.2, 0) is 24.6 Å². The largest absolute Gasteiger partial charge is 0.380 e. The highest BCUT2D eigenvalue weighted by Gasteiger charge is 2.48. The van der Waals surface area contributed by atoms with Crippen molar-refractivity contribution in [2.24, 2.45) is 0 Å². The lowest BCUT2D eigenvalue weighted by molar-refractivity contribution is 0.0590. The van der Waals surface area contributed by atoms with Crippen LogP contribution in [-0.4, -0.2) is 57.9 Å². The molecule has 0 spiro atoms. The number of sulfone groups is 1. The summed E-state index contributed by atoms with van der Waals surface area (Å²) in [4.78, 5) is 0.934. The van der Waals surface area contributed by atoms with E-state index in [1.54, 1.807) is 6.92 Å². The zero-order valence-corrected chi connectivity index (χ0v) is 14.9. The van der Waals surface area contributed by atoms with E-state index in [1.165, 1.54) is 15.6 Å². The number of fused-ring (bicyclic) bond motifs is 1. The average molecular weight is 365 g/mol. The molecule has 2 aliphatic heterocycles. The van der Waals surface area contributed by atoms with Crippen LogP contribution in [0.25, 0.3) is 0 Å². The van der Waals surface area contributed by atoms with Gasteiger partial charge in [-0.25, -0.2) is 16.8 Å². The number of hydrogen-bond donors (Lipinski definition) is 0. The normalized spacial score (nSPS) is 29.2. The molecular formula is C13H19NO5S3. The van der Waals surface area contributed by atoms with Gasteiger partial charge in [0.1, 0.15) is 9.46 Å². The van der Waals surface area contributed by atoms with Gasteiger partial charge in [-0.1, -0.05) is 0 Å². The summed E-state index contributed by atoms with van der Waals surface area (Å²) >= 11 is 1.24. The van der Waals surface area contributed by atoms with Gasteiger partial charge < -0.3 is 4.74 Å². The van der Waals surface area contributed by atoms with Crippen molar-refractivity contribution in [3.63, 3.8) is 0 Å². The molecule has 1 aromatic heterocycles. The maximum absolute atomic E-state index is 13.0. The van der Waals surface area contributed by atoms with Gasteiger partial charge in [-0.3, -0.25) is 0 Å². The predicted octanol–water partition coefficient (Wildman–Crippen LogP) is 0.942. The van der Waals surface area contributed by atoms with Gasteiger partial charge in [0, 0.05) is 24.1 Å². The highest BCUT2D eigenvalue weighted by molar-refractivity contribution is 7.93. The van der Waals surface area contributed by atoms with Crippen LogP contribution in [0, 0.1) is 13.8 Å². The maximum Gasteiger partial charge on any atom is 0.253 e. The molecule has 0 aliphatic carbocycles. The summed E-state index contributed by atoms with van der Waals surface area (Å²) in [5, 5.41) is -0.744. The molecule has 1 aromatic rings. The van der Waals surface area contributed by atoms with Crippen molar-refractivity contribution >= 4 is 31.2 Å². The molecule has 0 saturated carbocycles. The molecule has 0 unspecified atom stereocenters. The van der Waals surface area contributed by atoms with Crippen molar-refractivity contribution in [2.45, 2.75) is 35.8 Å². The van der Waals surface area contributed by atoms with Crippen molar-refractivity contribution in [3.8, 4) is 0 Å². The molecule has 6 nitrogen and oxygen atoms in total. The first-order valence-corrected chi connectivity index (χ1v) is 11.1. The molecule has 124 valence electrons. The molecule has 0 amide bonds. The summed E-state index contributed by atoms with van der Waals surface area (Å²) in [6.45, 7) is 4.15. The quantitative estimate of drug-likeness (QED) is 0.779. The van der Waals surface area contributed by atoms with Gasteiger partial charge in [-0.2, -0.15) is 4.31 Å². The predicted molar refractivity (Wildman–Crippen MR) is 84.5 cm³/mol. The number of sulfonamides is 1. The monoisotopic (exact) mass is 365 g/mol. The third-order valence-electron chi connectivity index (χ3n) is 4.24. The molecule has 9 heteroatoms. The molecule has 2 fully saturated rings. The van der Waals surface area contributed by atoms with E-state index in [-0.39, 0.29) is 18.9 Å². The third-order valence-corrected chi connectivity index (χ3v) is 10.0. The molecule has 0 aromatic carbocycles. The van der Waals surface area contributed by atoms with Crippen LogP contribution in [0.2, 0.25) is 0 Å². The molecule has 0 radical (unpaired) electrons. The standard InChI is InChI=1S/C13H19NO5S3/c1-9-7-10(2)20-13(9)22(17,18)14-4-6-21(15,16)12-8-19-5-3-11(12)14/h7,11-12H,3-6,8H2,1-2H3/t11-,12+/m1/s1. The molecule has 22 heavy (non-hydrogen) atoms. The Hall–Kier alpha value is -0.480. The van der Waals surface area contributed by atoms with Crippen molar-refractivity contribution in [2.75, 3.05) is 25.5 Å². The fourth-order valence-corrected chi connectivity index (χ4v) is 8.67. The fourth-order valence-electron chi connectivity index (χ4n) is 3.19. The Balaban J connectivity index is 2.02. The van der Waals surface area contributed by atoms with Crippen LogP contribution in [0.3, 0.4) is 0 Å². The summed E-state index contributed by atoms with van der Waals surface area (Å²) < 4.78 is 57.4. The Kier molecular flexibility index (Phi) is 4.14. The van der Waals surface area contributed by atoms with E-state index >= 15 is 0 Å². The Morgan fingerprint density at radius 1 is 1.36 bits per heavy atom. The molecular weight excluding hydrogens is 346 g/mol. The minimum absolute atomic E-state index is 0.0300. The van der Waals surface area contributed by atoms with Crippen LogP contribution < -0.4 is 0 Å². The molecule has 0 bridgehead atoms. The minimum atomic E-state index is -3.66. The Morgan fingerprint density at radius 3 is 2.73 bits per heavy atom. The summed E-state index contributed by atoms with van der Waals surface area (Å²) in [7, 11) is -6.95. The number of rotatable bonds is 2. The molecule has 0 N–H and O–H groups in total. The lowest BCUT2D eigenvalue weighted by Crippen LogP contribution is -2.59. The van der Waals surface area contributed by atoms with Gasteiger partial charge in [0.25, 0.3) is 10.0 Å². The van der Waals surface area contributed by atoms with E-state index in [4.69, 9.17) is 4.74 Å². The fraction of sp³-hybridized carbons (Fsp3) is 0.692. The van der Waals surface area contributed by atoms with E-state index in [2.05, 4.69) is 0 Å². The zero-order valence-electron chi connectivity index (χ0n) is 12.5. The lowest BCUT2D eigenvalue weighted by atomic mass is 10.1. The highest BCUT2D eigenvalue weighted by Crippen LogP contribution is 2.34. The maximum atomic E-state index is 13.0. The van der Waals surface area contributed by atoms with Crippen LogP contribution >= 0.6 is 11.3 Å². The first kappa shape index (κ1) is 16.4. The van der Waals surface area contributed by atoms with Gasteiger partial charge in [0.2, 0.25) is 0 Å². The zero-order chi connectivity index (χ0) is 16.1. The van der Waals surface area contributed by atoms with Crippen LogP contribution in [0.5, 0.6) is 0 Å². The summed E-state index contributed by atoms with van der Waals surface area (Å²) in [5.41, 5.74) is 0.722. The second-order valence-corrected chi connectivity index (χ2v) is 11.5. The number of ether oxygens (including phenoxy) is 1. The van der Waals surface area contributed by atoms with E-state index in [0.29, 0.717) is 17.2 Å². The van der Waals surface area contributed by atoms with Gasteiger partial charge in [0.15, 0.2) is 9.84 Å². The number of hydrogen-bond acceptors (Lipinski definition) is 6. The Bertz CT molecular complexity index is 781. The van der Waals surface area contributed by atoms with Gasteiger partial charge >= 0.3 is 0 Å². The second-order valence-electron chi connectivity index (χ2n) is 5.78. The Labute approximate surface area is 135 Å². The van der Waals surface area contributed by atoms with E-state index in [0.717, 1.165) is 10.4 Å². The smallest absolute Gasteiger partial charge is 0.253 e. The van der Waals surface area contributed by atoms with Crippen molar-refractivity contribution < 1.29 is 21.6 Å². The lowest BCUT2D eigenvalue weighted by Gasteiger charge is -2.42.